The van der Waals surface area contributed by atoms with Crippen LogP contribution in [0.3, 0.4) is 0 Å². The maximum atomic E-state index is 13.5. The van der Waals surface area contributed by atoms with E-state index in [2.05, 4.69) is 4.98 Å². The summed E-state index contributed by atoms with van der Waals surface area (Å²) in [5, 5.41) is 0.231. The SMILES string of the molecule is CCOC(=O)c1sc2nc(C)n(C(CC(=O)OC)C(=O)c3ccccc3)c(=O)c2c1C. The van der Waals surface area contributed by atoms with Crippen LogP contribution in [0.1, 0.15) is 50.8 Å². The molecule has 9 heteroatoms. The highest BCUT2D eigenvalue weighted by atomic mass is 32.1. The molecule has 0 bridgehead atoms. The number of aromatic nitrogens is 2. The van der Waals surface area contributed by atoms with Crippen LogP contribution in [0, 0.1) is 13.8 Å². The van der Waals surface area contributed by atoms with Crippen LogP contribution in [0.4, 0.5) is 0 Å². The lowest BCUT2D eigenvalue weighted by Crippen LogP contribution is -2.34. The van der Waals surface area contributed by atoms with Crippen molar-refractivity contribution < 1.29 is 23.9 Å². The van der Waals surface area contributed by atoms with Gasteiger partial charge in [-0.05, 0) is 26.3 Å². The number of rotatable bonds is 7. The van der Waals surface area contributed by atoms with Crippen molar-refractivity contribution in [1.29, 1.82) is 0 Å². The number of Topliss-reactive ketones (excluding diaryl/α,β-unsaturated/α-hetero) is 1. The Kier molecular flexibility index (Phi) is 6.65. The van der Waals surface area contributed by atoms with Crippen molar-refractivity contribution in [2.24, 2.45) is 0 Å². The summed E-state index contributed by atoms with van der Waals surface area (Å²) in [6, 6.07) is 7.27. The molecule has 0 N–H and O–H groups in total. The number of carbonyl (C=O) groups is 3. The molecule has 2 heterocycles. The third kappa shape index (κ3) is 4.27. The summed E-state index contributed by atoms with van der Waals surface area (Å²) in [7, 11) is 1.22. The molecule has 0 saturated heterocycles. The molecule has 0 radical (unpaired) electrons. The topological polar surface area (TPSA) is 105 Å². The highest BCUT2D eigenvalue weighted by molar-refractivity contribution is 7.20. The Morgan fingerprint density at radius 1 is 1.16 bits per heavy atom. The first kappa shape index (κ1) is 22.4. The zero-order chi connectivity index (χ0) is 22.7. The molecular formula is C22H22N2O6S. The summed E-state index contributed by atoms with van der Waals surface area (Å²) in [6.45, 7) is 5.13. The Morgan fingerprint density at radius 3 is 2.45 bits per heavy atom. The van der Waals surface area contributed by atoms with Crippen LogP contribution in [0.2, 0.25) is 0 Å². The molecule has 1 atom stereocenters. The molecule has 0 aliphatic heterocycles. The summed E-state index contributed by atoms with van der Waals surface area (Å²) < 4.78 is 11.0. The zero-order valence-corrected chi connectivity index (χ0v) is 18.4. The summed E-state index contributed by atoms with van der Waals surface area (Å²) >= 11 is 1.07. The molecule has 3 rings (SSSR count). The van der Waals surface area contributed by atoms with E-state index in [1.165, 1.54) is 11.7 Å². The van der Waals surface area contributed by atoms with Gasteiger partial charge in [0, 0.05) is 5.56 Å². The van der Waals surface area contributed by atoms with Crippen molar-refractivity contribution >= 4 is 39.3 Å². The number of carbonyl (C=O) groups excluding carboxylic acids is 3. The van der Waals surface area contributed by atoms with E-state index in [0.29, 0.717) is 16.0 Å². The van der Waals surface area contributed by atoms with Crippen LogP contribution in [-0.4, -0.2) is 41.0 Å². The number of aryl methyl sites for hydroxylation is 2. The van der Waals surface area contributed by atoms with Gasteiger partial charge in [-0.15, -0.1) is 11.3 Å². The van der Waals surface area contributed by atoms with E-state index in [-0.39, 0.29) is 29.1 Å². The first-order valence-electron chi connectivity index (χ1n) is 9.65. The van der Waals surface area contributed by atoms with Gasteiger partial charge in [-0.2, -0.15) is 0 Å². The predicted molar refractivity (Wildman–Crippen MR) is 116 cm³/mol. The Balaban J connectivity index is 2.22. The van der Waals surface area contributed by atoms with E-state index in [4.69, 9.17) is 9.47 Å². The standard InChI is InChI=1S/C22H22N2O6S/c1-5-30-22(28)19-12(2)17-20(31-19)23-13(3)24(21(17)27)15(11-16(25)29-4)18(26)14-9-7-6-8-10-14/h6-10,15H,5,11H2,1-4H3. The van der Waals surface area contributed by atoms with Crippen molar-refractivity contribution in [3.8, 4) is 0 Å². The number of methoxy groups -OCH3 is 1. The van der Waals surface area contributed by atoms with Gasteiger partial charge < -0.3 is 9.47 Å². The van der Waals surface area contributed by atoms with Crippen LogP contribution in [0.15, 0.2) is 35.1 Å². The monoisotopic (exact) mass is 442 g/mol. The average molecular weight is 442 g/mol. The minimum Gasteiger partial charge on any atom is -0.469 e. The minimum atomic E-state index is -1.13. The van der Waals surface area contributed by atoms with Crippen molar-refractivity contribution in [1.82, 2.24) is 9.55 Å². The average Bonchev–Trinajstić information content (AvgIpc) is 3.09. The fourth-order valence-corrected chi connectivity index (χ4v) is 4.50. The van der Waals surface area contributed by atoms with Gasteiger partial charge in [0.2, 0.25) is 0 Å². The molecule has 162 valence electrons. The smallest absolute Gasteiger partial charge is 0.348 e. The summed E-state index contributed by atoms with van der Waals surface area (Å²) in [5.74, 6) is -1.31. The first-order valence-corrected chi connectivity index (χ1v) is 10.5. The molecule has 2 aromatic heterocycles. The Morgan fingerprint density at radius 2 is 1.84 bits per heavy atom. The minimum absolute atomic E-state index is 0.204. The van der Waals surface area contributed by atoms with Crippen LogP contribution in [0.5, 0.6) is 0 Å². The van der Waals surface area contributed by atoms with Crippen LogP contribution in [-0.2, 0) is 14.3 Å². The fraction of sp³-hybridized carbons (Fsp3) is 0.318. The maximum absolute atomic E-state index is 13.5. The van der Waals surface area contributed by atoms with E-state index in [1.54, 1.807) is 51.1 Å². The van der Waals surface area contributed by atoms with E-state index >= 15 is 0 Å². The van der Waals surface area contributed by atoms with Gasteiger partial charge in [-0.1, -0.05) is 30.3 Å². The molecule has 3 aromatic rings. The van der Waals surface area contributed by atoms with E-state index in [0.717, 1.165) is 11.3 Å². The van der Waals surface area contributed by atoms with Crippen LogP contribution >= 0.6 is 11.3 Å². The molecule has 0 fully saturated rings. The summed E-state index contributed by atoms with van der Waals surface area (Å²) in [5.41, 5.74) is 0.302. The van der Waals surface area contributed by atoms with Crippen LogP contribution in [0.25, 0.3) is 10.2 Å². The lowest BCUT2D eigenvalue weighted by molar-refractivity contribution is -0.141. The number of ether oxygens (including phenoxy) is 2. The Hall–Kier alpha value is -3.33. The van der Waals surface area contributed by atoms with Gasteiger partial charge in [0.05, 0.1) is 25.5 Å². The molecule has 1 unspecified atom stereocenters. The lowest BCUT2D eigenvalue weighted by Gasteiger charge is -2.20. The summed E-state index contributed by atoms with van der Waals surface area (Å²) in [6.07, 6.45) is -0.327. The van der Waals surface area contributed by atoms with Crippen molar-refractivity contribution in [3.05, 3.63) is 62.5 Å². The lowest BCUT2D eigenvalue weighted by atomic mass is 10.0. The highest BCUT2D eigenvalue weighted by Crippen LogP contribution is 2.29. The number of thiophene rings is 1. The van der Waals surface area contributed by atoms with Gasteiger partial charge in [-0.25, -0.2) is 9.78 Å². The van der Waals surface area contributed by atoms with Crippen molar-refractivity contribution in [2.45, 2.75) is 33.2 Å². The number of hydrogen-bond donors (Lipinski definition) is 0. The molecule has 0 spiro atoms. The number of esters is 2. The number of fused-ring (bicyclic) bond motifs is 1. The predicted octanol–water partition coefficient (Wildman–Crippen LogP) is 3.24. The highest BCUT2D eigenvalue weighted by Gasteiger charge is 2.30. The van der Waals surface area contributed by atoms with E-state index in [1.807, 2.05) is 0 Å². The number of benzene rings is 1. The second-order valence-electron chi connectivity index (χ2n) is 6.82. The van der Waals surface area contributed by atoms with Crippen molar-refractivity contribution in [2.75, 3.05) is 13.7 Å². The molecule has 0 saturated carbocycles. The van der Waals surface area contributed by atoms with Gasteiger partial charge >= 0.3 is 11.9 Å². The number of ketones is 1. The molecular weight excluding hydrogens is 420 g/mol. The van der Waals surface area contributed by atoms with E-state index in [9.17, 15) is 19.2 Å². The van der Waals surface area contributed by atoms with Crippen molar-refractivity contribution in [3.63, 3.8) is 0 Å². The third-order valence-corrected chi connectivity index (χ3v) is 6.06. The quantitative estimate of drug-likeness (QED) is 0.409. The zero-order valence-electron chi connectivity index (χ0n) is 17.6. The Labute approximate surface area is 182 Å². The Bertz CT molecular complexity index is 1210. The maximum Gasteiger partial charge on any atom is 0.348 e. The molecule has 0 aliphatic rings. The van der Waals surface area contributed by atoms with Crippen LogP contribution < -0.4 is 5.56 Å². The third-order valence-electron chi connectivity index (χ3n) is 4.89. The number of hydrogen-bond acceptors (Lipinski definition) is 8. The molecule has 0 amide bonds. The number of nitrogens with zero attached hydrogens (tertiary/aromatic N) is 2. The largest absolute Gasteiger partial charge is 0.469 e. The summed E-state index contributed by atoms with van der Waals surface area (Å²) in [4.78, 5) is 56.2. The van der Waals surface area contributed by atoms with Gasteiger partial charge in [0.1, 0.15) is 21.6 Å². The van der Waals surface area contributed by atoms with E-state index < -0.39 is 29.3 Å². The molecule has 1 aromatic carbocycles. The molecule has 8 nitrogen and oxygen atoms in total. The van der Waals surface area contributed by atoms with Gasteiger partial charge in [0.15, 0.2) is 5.78 Å². The second-order valence-corrected chi connectivity index (χ2v) is 7.82. The normalized spacial score (nSPS) is 11.9. The van der Waals surface area contributed by atoms with Gasteiger partial charge in [-0.3, -0.25) is 19.0 Å². The second kappa shape index (κ2) is 9.22. The first-order chi connectivity index (χ1) is 14.8. The molecule has 31 heavy (non-hydrogen) atoms. The molecule has 0 aliphatic carbocycles. The fourth-order valence-electron chi connectivity index (χ4n) is 3.39. The van der Waals surface area contributed by atoms with Gasteiger partial charge in [0.25, 0.3) is 5.56 Å².